The quantitative estimate of drug-likeness (QED) is 0.418. The molecule has 0 spiro atoms. The standard InChI is InChI=1S/C19H16Cl3F2N3O3/c1-26-9-13(16(25-26)18(23)24)19(28)27(29-2)5-6-30-17-14(21)8-10-7-11(20)3-4-12(10)15(17)22/h3-4,7-9,18H,5-6H2,1-2H3. The van der Waals surface area contributed by atoms with Gasteiger partial charge in [-0.25, -0.2) is 13.8 Å². The molecule has 0 saturated carbocycles. The van der Waals surface area contributed by atoms with Gasteiger partial charge >= 0.3 is 0 Å². The second kappa shape index (κ2) is 9.34. The smallest absolute Gasteiger partial charge is 0.282 e. The van der Waals surface area contributed by atoms with Crippen LogP contribution >= 0.6 is 34.8 Å². The Morgan fingerprint density at radius 3 is 2.67 bits per heavy atom. The second-order valence-electron chi connectivity index (χ2n) is 6.21. The monoisotopic (exact) mass is 477 g/mol. The van der Waals surface area contributed by atoms with Crippen LogP contribution in [0.3, 0.4) is 0 Å². The zero-order chi connectivity index (χ0) is 22.0. The molecule has 11 heteroatoms. The largest absolute Gasteiger partial charge is 0.488 e. The van der Waals surface area contributed by atoms with Crippen molar-refractivity contribution in [3.63, 3.8) is 0 Å². The van der Waals surface area contributed by atoms with Crippen molar-refractivity contribution in [2.75, 3.05) is 20.3 Å². The van der Waals surface area contributed by atoms with Crippen molar-refractivity contribution in [2.24, 2.45) is 7.05 Å². The summed E-state index contributed by atoms with van der Waals surface area (Å²) in [6.07, 6.45) is -1.69. The minimum Gasteiger partial charge on any atom is -0.488 e. The Morgan fingerprint density at radius 2 is 2.00 bits per heavy atom. The number of halogens is 5. The van der Waals surface area contributed by atoms with Crippen molar-refractivity contribution in [3.8, 4) is 5.75 Å². The van der Waals surface area contributed by atoms with Gasteiger partial charge in [-0.1, -0.05) is 40.9 Å². The van der Waals surface area contributed by atoms with Crippen LogP contribution in [0.15, 0.2) is 30.5 Å². The molecule has 0 bridgehead atoms. The number of amides is 1. The number of aryl methyl sites for hydroxylation is 1. The first-order valence-corrected chi connectivity index (χ1v) is 9.74. The molecule has 0 radical (unpaired) electrons. The fourth-order valence-corrected chi connectivity index (χ4v) is 3.71. The number of alkyl halides is 2. The molecule has 0 aliphatic heterocycles. The zero-order valence-corrected chi connectivity index (χ0v) is 18.1. The maximum Gasteiger partial charge on any atom is 0.282 e. The van der Waals surface area contributed by atoms with E-state index in [0.717, 1.165) is 15.1 Å². The third-order valence-electron chi connectivity index (χ3n) is 4.23. The van der Waals surface area contributed by atoms with Gasteiger partial charge in [-0.15, -0.1) is 0 Å². The molecule has 0 N–H and O–H groups in total. The Hall–Kier alpha value is -2.13. The lowest BCUT2D eigenvalue weighted by molar-refractivity contribution is -0.0996. The Balaban J connectivity index is 1.75. The average Bonchev–Trinajstić information content (AvgIpc) is 3.09. The molecule has 1 heterocycles. The third kappa shape index (κ3) is 4.62. The maximum absolute atomic E-state index is 13.1. The summed E-state index contributed by atoms with van der Waals surface area (Å²) < 4.78 is 33.1. The summed E-state index contributed by atoms with van der Waals surface area (Å²) in [5.41, 5.74) is -0.877. The van der Waals surface area contributed by atoms with Crippen LogP contribution in [0.5, 0.6) is 5.75 Å². The van der Waals surface area contributed by atoms with Crippen molar-refractivity contribution in [2.45, 2.75) is 6.43 Å². The number of rotatable bonds is 7. The highest BCUT2D eigenvalue weighted by Crippen LogP contribution is 2.40. The van der Waals surface area contributed by atoms with Gasteiger partial charge in [-0.05, 0) is 23.6 Å². The lowest BCUT2D eigenvalue weighted by atomic mass is 10.1. The summed E-state index contributed by atoms with van der Waals surface area (Å²) in [6, 6.07) is 6.81. The van der Waals surface area contributed by atoms with Gasteiger partial charge in [0.15, 0.2) is 5.75 Å². The minimum absolute atomic E-state index is 0.0532. The number of carbonyl (C=O) groups is 1. The Labute approximate surface area is 185 Å². The molecule has 0 aliphatic carbocycles. The molecule has 0 unspecified atom stereocenters. The predicted molar refractivity (Wildman–Crippen MR) is 111 cm³/mol. The molecule has 0 fully saturated rings. The van der Waals surface area contributed by atoms with Gasteiger partial charge in [-0.2, -0.15) is 5.10 Å². The topological polar surface area (TPSA) is 56.6 Å². The van der Waals surface area contributed by atoms with Crippen LogP contribution in [0.1, 0.15) is 22.5 Å². The molecule has 0 aliphatic rings. The van der Waals surface area contributed by atoms with E-state index < -0.39 is 18.0 Å². The van der Waals surface area contributed by atoms with Crippen LogP contribution in [0.2, 0.25) is 15.1 Å². The summed E-state index contributed by atoms with van der Waals surface area (Å²) in [5.74, 6) is -0.541. The highest BCUT2D eigenvalue weighted by molar-refractivity contribution is 6.41. The number of nitrogens with zero attached hydrogens (tertiary/aromatic N) is 3. The zero-order valence-electron chi connectivity index (χ0n) is 15.8. The van der Waals surface area contributed by atoms with E-state index >= 15 is 0 Å². The summed E-state index contributed by atoms with van der Waals surface area (Å²) in [4.78, 5) is 17.6. The highest BCUT2D eigenvalue weighted by atomic mass is 35.5. The normalized spacial score (nSPS) is 11.3. The van der Waals surface area contributed by atoms with E-state index in [4.69, 9.17) is 44.4 Å². The molecule has 3 aromatic rings. The average molecular weight is 479 g/mol. The van der Waals surface area contributed by atoms with E-state index in [1.54, 1.807) is 24.3 Å². The number of fused-ring (bicyclic) bond motifs is 1. The van der Waals surface area contributed by atoms with E-state index in [1.165, 1.54) is 20.4 Å². The third-order valence-corrected chi connectivity index (χ3v) is 5.12. The van der Waals surface area contributed by atoms with Crippen LogP contribution in [-0.4, -0.2) is 41.0 Å². The number of hydrogen-bond donors (Lipinski definition) is 0. The van der Waals surface area contributed by atoms with Gasteiger partial charge in [0.2, 0.25) is 0 Å². The Morgan fingerprint density at radius 1 is 1.27 bits per heavy atom. The van der Waals surface area contributed by atoms with Gasteiger partial charge in [0.1, 0.15) is 12.3 Å². The van der Waals surface area contributed by atoms with Gasteiger partial charge in [0.05, 0.1) is 29.3 Å². The number of hydrogen-bond acceptors (Lipinski definition) is 4. The fraction of sp³-hybridized carbons (Fsp3) is 0.263. The summed E-state index contributed by atoms with van der Waals surface area (Å²) in [7, 11) is 2.69. The number of aromatic nitrogens is 2. The first-order valence-electron chi connectivity index (χ1n) is 8.60. The number of carbonyl (C=O) groups excluding carboxylic acids is 1. The van der Waals surface area contributed by atoms with Gasteiger partial charge in [-0.3, -0.25) is 14.3 Å². The number of hydroxylamine groups is 2. The summed E-state index contributed by atoms with van der Waals surface area (Å²) in [5, 5.41) is 7.04. The molecular formula is C19H16Cl3F2N3O3. The SMILES string of the molecule is CON(CCOc1c(Cl)cc2cc(Cl)ccc2c1Cl)C(=O)c1cn(C)nc1C(F)F. The van der Waals surface area contributed by atoms with Crippen LogP contribution in [-0.2, 0) is 11.9 Å². The van der Waals surface area contributed by atoms with E-state index in [-0.39, 0.29) is 34.5 Å². The lowest BCUT2D eigenvalue weighted by Crippen LogP contribution is -2.34. The highest BCUT2D eigenvalue weighted by Gasteiger charge is 2.27. The van der Waals surface area contributed by atoms with Crippen molar-refractivity contribution in [1.29, 1.82) is 0 Å². The van der Waals surface area contributed by atoms with Crippen molar-refractivity contribution in [3.05, 3.63) is 56.8 Å². The molecular weight excluding hydrogens is 463 g/mol. The van der Waals surface area contributed by atoms with Crippen LogP contribution in [0.4, 0.5) is 8.78 Å². The summed E-state index contributed by atoms with van der Waals surface area (Å²) in [6.45, 7) is -0.124. The van der Waals surface area contributed by atoms with Crippen LogP contribution in [0, 0.1) is 0 Å². The Bertz CT molecular complexity index is 1090. The predicted octanol–water partition coefficient (Wildman–Crippen LogP) is 5.55. The van der Waals surface area contributed by atoms with Crippen molar-refractivity contribution in [1.82, 2.24) is 14.8 Å². The van der Waals surface area contributed by atoms with E-state index in [1.807, 2.05) is 0 Å². The first-order chi connectivity index (χ1) is 14.2. The lowest BCUT2D eigenvalue weighted by Gasteiger charge is -2.20. The second-order valence-corrected chi connectivity index (χ2v) is 7.43. The number of ether oxygens (including phenoxy) is 1. The molecule has 2 aromatic carbocycles. The van der Waals surface area contributed by atoms with Crippen molar-refractivity contribution >= 4 is 51.5 Å². The molecule has 0 saturated heterocycles. The van der Waals surface area contributed by atoms with E-state index in [2.05, 4.69) is 5.10 Å². The Kier molecular flexibility index (Phi) is 7.02. The first kappa shape index (κ1) is 22.6. The summed E-state index contributed by atoms with van der Waals surface area (Å²) >= 11 is 18.7. The van der Waals surface area contributed by atoms with Crippen LogP contribution in [0.25, 0.3) is 10.8 Å². The molecule has 0 atom stereocenters. The molecule has 160 valence electrons. The maximum atomic E-state index is 13.1. The van der Waals surface area contributed by atoms with Gasteiger partial charge < -0.3 is 4.74 Å². The van der Waals surface area contributed by atoms with Crippen LogP contribution < -0.4 is 4.74 Å². The van der Waals surface area contributed by atoms with Crippen molar-refractivity contribution < 1.29 is 23.1 Å². The molecule has 30 heavy (non-hydrogen) atoms. The fourth-order valence-electron chi connectivity index (χ4n) is 2.89. The minimum atomic E-state index is -2.90. The van der Waals surface area contributed by atoms with E-state index in [9.17, 15) is 13.6 Å². The van der Waals surface area contributed by atoms with Gasteiger partial charge in [0.25, 0.3) is 12.3 Å². The molecule has 1 amide bonds. The molecule has 1 aromatic heterocycles. The van der Waals surface area contributed by atoms with Gasteiger partial charge in [0, 0.05) is 23.7 Å². The molecule has 6 nitrogen and oxygen atoms in total. The van der Waals surface area contributed by atoms with E-state index in [0.29, 0.717) is 10.4 Å². The molecule has 3 rings (SSSR count). The number of benzene rings is 2.